The van der Waals surface area contributed by atoms with E-state index >= 15 is 0 Å². The molecule has 4 heteroatoms. The van der Waals surface area contributed by atoms with Crippen LogP contribution in [0, 0.1) is 13.8 Å². The summed E-state index contributed by atoms with van der Waals surface area (Å²) in [6, 6.07) is 3.60. The molecule has 2 N–H and O–H groups in total. The standard InChI is InChI=1S/C11H14BrClO2/c1-6-3-8(4-7(2)10(6)13)11(15)9(14)5-12/h3-4,9,11,14-15H,5H2,1-2H3. The van der Waals surface area contributed by atoms with E-state index in [1.807, 2.05) is 13.8 Å². The molecular formula is C11H14BrClO2. The van der Waals surface area contributed by atoms with Gasteiger partial charge in [0.05, 0.1) is 6.10 Å². The molecule has 0 heterocycles. The highest BCUT2D eigenvalue weighted by Crippen LogP contribution is 2.26. The second-order valence-corrected chi connectivity index (χ2v) is 4.66. The van der Waals surface area contributed by atoms with Crippen LogP contribution < -0.4 is 0 Å². The normalized spacial score (nSPS) is 15.1. The summed E-state index contributed by atoms with van der Waals surface area (Å²) in [6.07, 6.45) is -1.68. The first-order valence-corrected chi connectivity index (χ1v) is 6.16. The van der Waals surface area contributed by atoms with Crippen LogP contribution in [0.3, 0.4) is 0 Å². The molecule has 15 heavy (non-hydrogen) atoms. The third-order valence-electron chi connectivity index (χ3n) is 2.32. The minimum Gasteiger partial charge on any atom is -0.389 e. The van der Waals surface area contributed by atoms with Crippen molar-refractivity contribution in [2.75, 3.05) is 5.33 Å². The number of hydrogen-bond donors (Lipinski definition) is 2. The molecule has 1 aromatic carbocycles. The Morgan fingerprint density at radius 1 is 1.27 bits per heavy atom. The number of hydrogen-bond acceptors (Lipinski definition) is 2. The first kappa shape index (κ1) is 13.0. The van der Waals surface area contributed by atoms with E-state index in [1.54, 1.807) is 12.1 Å². The summed E-state index contributed by atoms with van der Waals surface area (Å²) in [5.41, 5.74) is 2.52. The number of rotatable bonds is 3. The average molecular weight is 294 g/mol. The fourth-order valence-electron chi connectivity index (χ4n) is 1.46. The zero-order valence-corrected chi connectivity index (χ0v) is 11.0. The van der Waals surface area contributed by atoms with Crippen LogP contribution in [-0.4, -0.2) is 21.6 Å². The minimum atomic E-state index is -0.876. The lowest BCUT2D eigenvalue weighted by atomic mass is 10.0. The molecule has 0 aliphatic carbocycles. The van der Waals surface area contributed by atoms with E-state index in [-0.39, 0.29) is 0 Å². The van der Waals surface area contributed by atoms with Gasteiger partial charge >= 0.3 is 0 Å². The van der Waals surface area contributed by atoms with Gasteiger partial charge in [0.2, 0.25) is 0 Å². The van der Waals surface area contributed by atoms with Crippen molar-refractivity contribution in [3.63, 3.8) is 0 Å². The number of alkyl halides is 1. The molecule has 1 aromatic rings. The quantitative estimate of drug-likeness (QED) is 0.841. The van der Waals surface area contributed by atoms with Crippen LogP contribution in [-0.2, 0) is 0 Å². The molecule has 2 unspecified atom stereocenters. The summed E-state index contributed by atoms with van der Waals surface area (Å²) in [5, 5.41) is 20.4. The number of aliphatic hydroxyl groups is 2. The second-order valence-electron chi connectivity index (χ2n) is 3.64. The maximum atomic E-state index is 9.81. The van der Waals surface area contributed by atoms with Gasteiger partial charge < -0.3 is 10.2 Å². The monoisotopic (exact) mass is 292 g/mol. The molecule has 0 fully saturated rings. The first-order valence-electron chi connectivity index (χ1n) is 4.66. The van der Waals surface area contributed by atoms with Crippen molar-refractivity contribution < 1.29 is 10.2 Å². The van der Waals surface area contributed by atoms with Gasteiger partial charge in [0.25, 0.3) is 0 Å². The van der Waals surface area contributed by atoms with Crippen molar-refractivity contribution in [1.82, 2.24) is 0 Å². The molecule has 2 nitrogen and oxygen atoms in total. The van der Waals surface area contributed by atoms with Crippen LogP contribution in [0.5, 0.6) is 0 Å². The smallest absolute Gasteiger partial charge is 0.106 e. The van der Waals surface area contributed by atoms with E-state index in [1.165, 1.54) is 0 Å². The zero-order chi connectivity index (χ0) is 11.6. The fourth-order valence-corrected chi connectivity index (χ4v) is 1.92. The van der Waals surface area contributed by atoms with E-state index in [9.17, 15) is 10.2 Å². The maximum Gasteiger partial charge on any atom is 0.106 e. The Labute approximate surface area is 103 Å². The summed E-state index contributed by atoms with van der Waals surface area (Å²) in [5.74, 6) is 0. The molecule has 0 aliphatic rings. The van der Waals surface area contributed by atoms with Gasteiger partial charge in [-0.25, -0.2) is 0 Å². The zero-order valence-electron chi connectivity index (χ0n) is 8.67. The van der Waals surface area contributed by atoms with Crippen molar-refractivity contribution in [3.8, 4) is 0 Å². The van der Waals surface area contributed by atoms with Crippen molar-refractivity contribution >= 4 is 27.5 Å². The van der Waals surface area contributed by atoms with Gasteiger partial charge in [-0.1, -0.05) is 39.7 Å². The highest BCUT2D eigenvalue weighted by Gasteiger charge is 2.18. The number of halogens is 2. The predicted octanol–water partition coefficient (Wildman–Crippen LogP) is 2.75. The van der Waals surface area contributed by atoms with Gasteiger partial charge in [-0.3, -0.25) is 0 Å². The van der Waals surface area contributed by atoms with Gasteiger partial charge in [0, 0.05) is 10.4 Å². The summed E-state index contributed by atoms with van der Waals surface area (Å²) in [4.78, 5) is 0. The molecule has 0 spiro atoms. The molecule has 0 aromatic heterocycles. The lowest BCUT2D eigenvalue weighted by Crippen LogP contribution is -2.19. The molecule has 2 atom stereocenters. The van der Waals surface area contributed by atoms with Gasteiger partial charge in [0.15, 0.2) is 0 Å². The number of benzene rings is 1. The fraction of sp³-hybridized carbons (Fsp3) is 0.455. The van der Waals surface area contributed by atoms with Crippen molar-refractivity contribution in [2.24, 2.45) is 0 Å². The van der Waals surface area contributed by atoms with Crippen LogP contribution in [0.15, 0.2) is 12.1 Å². The van der Waals surface area contributed by atoms with E-state index in [0.29, 0.717) is 15.9 Å². The number of aliphatic hydroxyl groups excluding tert-OH is 2. The second kappa shape index (κ2) is 5.30. The van der Waals surface area contributed by atoms with E-state index in [2.05, 4.69) is 15.9 Å². The molecule has 1 rings (SSSR count). The maximum absolute atomic E-state index is 9.81. The Morgan fingerprint density at radius 3 is 2.13 bits per heavy atom. The minimum absolute atomic E-state index is 0.342. The average Bonchev–Trinajstić information content (AvgIpc) is 2.23. The molecule has 0 bridgehead atoms. The van der Waals surface area contributed by atoms with E-state index in [4.69, 9.17) is 11.6 Å². The molecule has 0 aliphatic heterocycles. The molecular weight excluding hydrogens is 279 g/mol. The van der Waals surface area contributed by atoms with E-state index in [0.717, 1.165) is 11.1 Å². The third kappa shape index (κ3) is 2.94. The molecule has 84 valence electrons. The SMILES string of the molecule is Cc1cc(C(O)C(O)CBr)cc(C)c1Cl. The van der Waals surface area contributed by atoms with E-state index < -0.39 is 12.2 Å². The Hall–Kier alpha value is -0.0900. The highest BCUT2D eigenvalue weighted by atomic mass is 79.9. The van der Waals surface area contributed by atoms with Crippen LogP contribution in [0.2, 0.25) is 5.02 Å². The Morgan fingerprint density at radius 2 is 1.73 bits per heavy atom. The largest absolute Gasteiger partial charge is 0.389 e. The van der Waals surface area contributed by atoms with Gasteiger partial charge in [-0.15, -0.1) is 0 Å². The lowest BCUT2D eigenvalue weighted by molar-refractivity contribution is 0.0342. The highest BCUT2D eigenvalue weighted by molar-refractivity contribution is 9.09. The summed E-state index contributed by atoms with van der Waals surface area (Å²) >= 11 is 9.14. The van der Waals surface area contributed by atoms with Crippen LogP contribution in [0.1, 0.15) is 22.8 Å². The number of aryl methyl sites for hydroxylation is 2. The predicted molar refractivity (Wildman–Crippen MR) is 65.7 cm³/mol. The topological polar surface area (TPSA) is 40.5 Å². The van der Waals surface area contributed by atoms with Crippen LogP contribution in [0.25, 0.3) is 0 Å². The molecule has 0 saturated heterocycles. The molecule has 0 amide bonds. The molecule has 0 radical (unpaired) electrons. The van der Waals surface area contributed by atoms with Gasteiger partial charge in [-0.05, 0) is 30.5 Å². The Balaban J connectivity index is 3.06. The summed E-state index contributed by atoms with van der Waals surface area (Å²) in [6.45, 7) is 3.76. The van der Waals surface area contributed by atoms with Crippen LogP contribution in [0.4, 0.5) is 0 Å². The summed E-state index contributed by atoms with van der Waals surface area (Å²) in [7, 11) is 0. The van der Waals surface area contributed by atoms with Crippen molar-refractivity contribution in [3.05, 3.63) is 33.8 Å². The third-order valence-corrected chi connectivity index (χ3v) is 3.58. The Bertz CT molecular complexity index is 331. The van der Waals surface area contributed by atoms with Gasteiger partial charge in [-0.2, -0.15) is 0 Å². The van der Waals surface area contributed by atoms with Gasteiger partial charge in [0.1, 0.15) is 6.10 Å². The Kier molecular flexibility index (Phi) is 4.59. The van der Waals surface area contributed by atoms with Crippen LogP contribution >= 0.6 is 27.5 Å². The van der Waals surface area contributed by atoms with Crippen molar-refractivity contribution in [1.29, 1.82) is 0 Å². The van der Waals surface area contributed by atoms with Crippen molar-refractivity contribution in [2.45, 2.75) is 26.1 Å². The lowest BCUT2D eigenvalue weighted by Gasteiger charge is -2.17. The first-order chi connectivity index (χ1) is 6.97. The summed E-state index contributed by atoms with van der Waals surface area (Å²) < 4.78 is 0. The molecule has 0 saturated carbocycles.